The summed E-state index contributed by atoms with van der Waals surface area (Å²) in [6.45, 7) is 3.79. The largest absolute Gasteiger partial charge is 0.376 e. The van der Waals surface area contributed by atoms with Gasteiger partial charge in [0.2, 0.25) is 0 Å². The molecule has 1 saturated heterocycles. The quantitative estimate of drug-likeness (QED) is 0.778. The van der Waals surface area contributed by atoms with Crippen LogP contribution in [0.4, 0.5) is 0 Å². The second-order valence-electron chi connectivity index (χ2n) is 3.74. The van der Waals surface area contributed by atoms with Gasteiger partial charge in [-0.15, -0.1) is 0 Å². The van der Waals surface area contributed by atoms with Crippen molar-refractivity contribution in [1.82, 2.24) is 10.3 Å². The average molecular weight is 192 g/mol. The molecule has 76 valence electrons. The normalized spacial score (nSPS) is 21.3. The lowest BCUT2D eigenvalue weighted by atomic mass is 10.1. The van der Waals surface area contributed by atoms with Gasteiger partial charge in [0.05, 0.1) is 13.2 Å². The van der Waals surface area contributed by atoms with Gasteiger partial charge in [-0.2, -0.15) is 0 Å². The molecule has 3 nitrogen and oxygen atoms in total. The highest BCUT2D eigenvalue weighted by Gasteiger charge is 2.13. The molecular weight excluding hydrogens is 176 g/mol. The fraction of sp³-hybridized carbons (Fsp3) is 0.545. The molecule has 1 fully saturated rings. The molecule has 1 aromatic rings. The van der Waals surface area contributed by atoms with Gasteiger partial charge in [-0.05, 0) is 30.5 Å². The molecule has 2 heterocycles. The van der Waals surface area contributed by atoms with Crippen LogP contribution in [0.1, 0.15) is 12.0 Å². The maximum absolute atomic E-state index is 5.62. The molecule has 0 spiro atoms. The zero-order valence-electron chi connectivity index (χ0n) is 8.28. The molecule has 0 saturated carbocycles. The highest BCUT2D eigenvalue weighted by atomic mass is 16.5. The SMILES string of the molecule is c1cncc(COC[C@@H]2CCNC2)c1. The summed E-state index contributed by atoms with van der Waals surface area (Å²) in [5.74, 6) is 0.701. The molecule has 0 unspecified atom stereocenters. The van der Waals surface area contributed by atoms with E-state index in [1.807, 2.05) is 18.3 Å². The summed E-state index contributed by atoms with van der Waals surface area (Å²) in [6.07, 6.45) is 4.88. The molecule has 3 heteroatoms. The van der Waals surface area contributed by atoms with E-state index in [0.717, 1.165) is 25.3 Å². The van der Waals surface area contributed by atoms with Gasteiger partial charge in [0.15, 0.2) is 0 Å². The maximum atomic E-state index is 5.62. The molecule has 1 N–H and O–H groups in total. The first-order valence-corrected chi connectivity index (χ1v) is 5.12. The van der Waals surface area contributed by atoms with Gasteiger partial charge in [-0.3, -0.25) is 4.98 Å². The lowest BCUT2D eigenvalue weighted by molar-refractivity contribution is 0.0923. The van der Waals surface area contributed by atoms with E-state index in [0.29, 0.717) is 12.5 Å². The summed E-state index contributed by atoms with van der Waals surface area (Å²) in [7, 11) is 0. The van der Waals surface area contributed by atoms with Gasteiger partial charge in [0, 0.05) is 18.9 Å². The predicted octanol–water partition coefficient (Wildman–Crippen LogP) is 1.21. The number of hydrogen-bond acceptors (Lipinski definition) is 3. The fourth-order valence-corrected chi connectivity index (χ4v) is 1.68. The Morgan fingerprint density at radius 3 is 3.29 bits per heavy atom. The Balaban J connectivity index is 1.67. The van der Waals surface area contributed by atoms with Crippen LogP contribution in [0.3, 0.4) is 0 Å². The summed E-state index contributed by atoms with van der Waals surface area (Å²) < 4.78 is 5.62. The summed E-state index contributed by atoms with van der Waals surface area (Å²) in [5, 5.41) is 3.33. The molecule has 0 aromatic carbocycles. The molecule has 14 heavy (non-hydrogen) atoms. The topological polar surface area (TPSA) is 34.1 Å². The summed E-state index contributed by atoms with van der Waals surface area (Å²) in [4.78, 5) is 4.04. The van der Waals surface area contributed by atoms with Crippen molar-refractivity contribution < 1.29 is 4.74 Å². The number of nitrogens with one attached hydrogen (secondary N) is 1. The average Bonchev–Trinajstić information content (AvgIpc) is 2.72. The maximum Gasteiger partial charge on any atom is 0.0731 e. The Hall–Kier alpha value is -0.930. The van der Waals surface area contributed by atoms with Gasteiger partial charge in [0.25, 0.3) is 0 Å². The third kappa shape index (κ3) is 2.79. The number of rotatable bonds is 4. The van der Waals surface area contributed by atoms with Crippen LogP contribution in [0.15, 0.2) is 24.5 Å². The van der Waals surface area contributed by atoms with E-state index in [2.05, 4.69) is 10.3 Å². The van der Waals surface area contributed by atoms with Crippen LogP contribution in [-0.2, 0) is 11.3 Å². The molecule has 1 atom stereocenters. The first-order valence-electron chi connectivity index (χ1n) is 5.12. The smallest absolute Gasteiger partial charge is 0.0731 e. The van der Waals surface area contributed by atoms with Crippen LogP contribution in [0.5, 0.6) is 0 Å². The number of ether oxygens (including phenoxy) is 1. The Bertz CT molecular complexity index is 257. The second-order valence-corrected chi connectivity index (χ2v) is 3.74. The van der Waals surface area contributed by atoms with Crippen molar-refractivity contribution in [3.05, 3.63) is 30.1 Å². The van der Waals surface area contributed by atoms with Crippen LogP contribution in [0.25, 0.3) is 0 Å². The number of hydrogen-bond donors (Lipinski definition) is 1. The molecule has 2 rings (SSSR count). The van der Waals surface area contributed by atoms with Crippen molar-refractivity contribution in [2.45, 2.75) is 13.0 Å². The lowest BCUT2D eigenvalue weighted by Gasteiger charge is -2.08. The Labute approximate surface area is 84.5 Å². The minimum absolute atomic E-state index is 0.685. The van der Waals surface area contributed by atoms with Crippen molar-refractivity contribution in [1.29, 1.82) is 0 Å². The van der Waals surface area contributed by atoms with E-state index in [1.54, 1.807) is 6.20 Å². The molecule has 1 aromatic heterocycles. The zero-order valence-corrected chi connectivity index (χ0v) is 8.28. The van der Waals surface area contributed by atoms with Crippen molar-refractivity contribution in [3.8, 4) is 0 Å². The van der Waals surface area contributed by atoms with E-state index in [9.17, 15) is 0 Å². The molecule has 0 aliphatic carbocycles. The van der Waals surface area contributed by atoms with Crippen LogP contribution in [-0.4, -0.2) is 24.7 Å². The van der Waals surface area contributed by atoms with Gasteiger partial charge < -0.3 is 10.1 Å². The van der Waals surface area contributed by atoms with Crippen molar-refractivity contribution >= 4 is 0 Å². The number of aromatic nitrogens is 1. The molecular formula is C11H16N2O. The Morgan fingerprint density at radius 1 is 1.57 bits per heavy atom. The summed E-state index contributed by atoms with van der Waals surface area (Å²) >= 11 is 0. The van der Waals surface area contributed by atoms with Crippen molar-refractivity contribution in [3.63, 3.8) is 0 Å². The predicted molar refractivity (Wildman–Crippen MR) is 54.9 cm³/mol. The molecule has 0 radical (unpaired) electrons. The Kier molecular flexibility index (Phi) is 3.49. The van der Waals surface area contributed by atoms with Crippen molar-refractivity contribution in [2.24, 2.45) is 5.92 Å². The van der Waals surface area contributed by atoms with E-state index in [4.69, 9.17) is 4.74 Å². The minimum atomic E-state index is 0.685. The number of pyridine rings is 1. The first-order chi connectivity index (χ1) is 6.95. The Morgan fingerprint density at radius 2 is 2.57 bits per heavy atom. The summed E-state index contributed by atoms with van der Waals surface area (Å²) in [6, 6.07) is 3.98. The van der Waals surface area contributed by atoms with E-state index in [-0.39, 0.29) is 0 Å². The van der Waals surface area contributed by atoms with Crippen LogP contribution in [0, 0.1) is 5.92 Å². The lowest BCUT2D eigenvalue weighted by Crippen LogP contribution is -2.13. The highest BCUT2D eigenvalue weighted by molar-refractivity contribution is 5.06. The van der Waals surface area contributed by atoms with Crippen LogP contribution < -0.4 is 5.32 Å². The molecule has 0 amide bonds. The molecule has 1 aliphatic rings. The third-order valence-corrected chi connectivity index (χ3v) is 2.51. The third-order valence-electron chi connectivity index (χ3n) is 2.51. The van der Waals surface area contributed by atoms with Crippen LogP contribution >= 0.6 is 0 Å². The number of nitrogens with zero attached hydrogens (tertiary/aromatic N) is 1. The minimum Gasteiger partial charge on any atom is -0.376 e. The first kappa shape index (κ1) is 9.62. The summed E-state index contributed by atoms with van der Waals surface area (Å²) in [5.41, 5.74) is 1.15. The van der Waals surface area contributed by atoms with E-state index < -0.39 is 0 Å². The van der Waals surface area contributed by atoms with Gasteiger partial charge in [0.1, 0.15) is 0 Å². The van der Waals surface area contributed by atoms with Gasteiger partial charge in [-0.25, -0.2) is 0 Å². The zero-order chi connectivity index (χ0) is 9.64. The van der Waals surface area contributed by atoms with Gasteiger partial charge in [-0.1, -0.05) is 6.07 Å². The molecule has 0 bridgehead atoms. The van der Waals surface area contributed by atoms with Gasteiger partial charge >= 0.3 is 0 Å². The van der Waals surface area contributed by atoms with Crippen molar-refractivity contribution in [2.75, 3.05) is 19.7 Å². The van der Waals surface area contributed by atoms with E-state index >= 15 is 0 Å². The fourth-order valence-electron chi connectivity index (χ4n) is 1.68. The highest BCUT2D eigenvalue weighted by Crippen LogP contribution is 2.08. The monoisotopic (exact) mass is 192 g/mol. The standard InChI is InChI=1S/C11H16N2O/c1-2-10(6-12-4-1)8-14-9-11-3-5-13-7-11/h1-2,4,6,11,13H,3,5,7-9H2/t11-/m1/s1. The second kappa shape index (κ2) is 5.08. The van der Waals surface area contributed by atoms with E-state index in [1.165, 1.54) is 6.42 Å². The molecule has 1 aliphatic heterocycles. The van der Waals surface area contributed by atoms with Crippen LogP contribution in [0.2, 0.25) is 0 Å².